The van der Waals surface area contributed by atoms with Crippen molar-refractivity contribution in [1.29, 1.82) is 0 Å². The third kappa shape index (κ3) is 1.04. The summed E-state index contributed by atoms with van der Waals surface area (Å²) < 4.78 is 0. The van der Waals surface area contributed by atoms with Gasteiger partial charge in [0.2, 0.25) is 0 Å². The molecule has 0 radical (unpaired) electrons. The molecule has 0 saturated heterocycles. The van der Waals surface area contributed by atoms with Crippen LogP contribution in [0.1, 0.15) is 46.0 Å². The summed E-state index contributed by atoms with van der Waals surface area (Å²) in [6, 6.07) is 0. The fourth-order valence-electron chi connectivity index (χ4n) is 4.56. The van der Waals surface area contributed by atoms with Crippen molar-refractivity contribution in [1.82, 2.24) is 0 Å². The van der Waals surface area contributed by atoms with Crippen molar-refractivity contribution in [2.24, 2.45) is 23.2 Å². The normalized spacial score (nSPS) is 64.4. The summed E-state index contributed by atoms with van der Waals surface area (Å²) >= 11 is 6.69. The minimum absolute atomic E-state index is 0.149. The summed E-state index contributed by atoms with van der Waals surface area (Å²) in [7, 11) is 0. The average molecular weight is 199 g/mol. The Balaban J connectivity index is 1.99. The molecule has 4 aliphatic carbocycles. The molecule has 0 nitrogen and oxygen atoms in total. The SMILES string of the molecule is CC12CC3C[C@H](C1)C(C)(Cl)[C@@H](C3)C2. The van der Waals surface area contributed by atoms with Crippen molar-refractivity contribution in [2.45, 2.75) is 50.8 Å². The molecular formula is C12H19Cl. The number of alkyl halides is 1. The number of halogens is 1. The first-order valence-electron chi connectivity index (χ1n) is 5.68. The van der Waals surface area contributed by atoms with E-state index in [4.69, 9.17) is 11.6 Å². The first kappa shape index (κ1) is 8.59. The Bertz CT molecular complexity index is 226. The fraction of sp³-hybridized carbons (Fsp3) is 1.00. The number of hydrogen-bond acceptors (Lipinski definition) is 0. The van der Waals surface area contributed by atoms with Crippen molar-refractivity contribution < 1.29 is 0 Å². The molecule has 1 heteroatoms. The Morgan fingerprint density at radius 2 is 1.54 bits per heavy atom. The molecule has 0 aromatic heterocycles. The van der Waals surface area contributed by atoms with E-state index in [2.05, 4.69) is 13.8 Å². The Hall–Kier alpha value is 0.290. The quantitative estimate of drug-likeness (QED) is 0.519. The first-order valence-corrected chi connectivity index (χ1v) is 6.06. The smallest absolute Gasteiger partial charge is 0.0475 e. The van der Waals surface area contributed by atoms with Crippen LogP contribution in [0.15, 0.2) is 0 Å². The molecule has 5 atom stereocenters. The van der Waals surface area contributed by atoms with Gasteiger partial charge in [0.25, 0.3) is 0 Å². The van der Waals surface area contributed by atoms with E-state index in [0.29, 0.717) is 5.41 Å². The Morgan fingerprint density at radius 3 is 2.00 bits per heavy atom. The topological polar surface area (TPSA) is 0 Å². The van der Waals surface area contributed by atoms with Gasteiger partial charge in [0, 0.05) is 4.87 Å². The van der Waals surface area contributed by atoms with Gasteiger partial charge in [-0.2, -0.15) is 0 Å². The zero-order valence-electron chi connectivity index (χ0n) is 8.65. The lowest BCUT2D eigenvalue weighted by atomic mass is 9.47. The molecule has 0 aromatic carbocycles. The molecule has 3 unspecified atom stereocenters. The molecule has 4 fully saturated rings. The van der Waals surface area contributed by atoms with Gasteiger partial charge in [-0.15, -0.1) is 11.6 Å². The molecule has 0 amide bonds. The van der Waals surface area contributed by atoms with Gasteiger partial charge in [0.05, 0.1) is 0 Å². The van der Waals surface area contributed by atoms with E-state index in [0.717, 1.165) is 17.8 Å². The summed E-state index contributed by atoms with van der Waals surface area (Å²) in [5.41, 5.74) is 0.672. The summed E-state index contributed by atoms with van der Waals surface area (Å²) in [5, 5.41) is 0. The van der Waals surface area contributed by atoms with E-state index in [1.807, 2.05) is 0 Å². The average Bonchev–Trinajstić information content (AvgIpc) is 1.97. The lowest BCUT2D eigenvalue weighted by Crippen LogP contribution is -2.56. The van der Waals surface area contributed by atoms with Gasteiger partial charge in [-0.3, -0.25) is 0 Å². The number of hydrogen-bond donors (Lipinski definition) is 0. The second-order valence-electron chi connectivity index (χ2n) is 6.31. The molecule has 0 N–H and O–H groups in total. The highest BCUT2D eigenvalue weighted by Gasteiger charge is 2.57. The summed E-state index contributed by atoms with van der Waals surface area (Å²) in [5.74, 6) is 2.67. The summed E-state index contributed by atoms with van der Waals surface area (Å²) in [6.45, 7) is 4.79. The summed E-state index contributed by atoms with van der Waals surface area (Å²) in [4.78, 5) is 0.149. The van der Waals surface area contributed by atoms with Gasteiger partial charge in [0.15, 0.2) is 0 Å². The maximum Gasteiger partial charge on any atom is 0.0475 e. The third-order valence-electron chi connectivity index (χ3n) is 5.09. The molecule has 4 aliphatic rings. The second-order valence-corrected chi connectivity index (χ2v) is 7.12. The van der Waals surface area contributed by atoms with Crippen molar-refractivity contribution in [3.05, 3.63) is 0 Å². The molecule has 0 spiro atoms. The van der Waals surface area contributed by atoms with Crippen molar-refractivity contribution >= 4 is 11.6 Å². The van der Waals surface area contributed by atoms with Gasteiger partial charge in [0.1, 0.15) is 0 Å². The molecule has 4 saturated carbocycles. The predicted octanol–water partition coefficient (Wildman–Crippen LogP) is 3.83. The van der Waals surface area contributed by atoms with Crippen LogP contribution in [0.3, 0.4) is 0 Å². The third-order valence-corrected chi connectivity index (χ3v) is 5.71. The van der Waals surface area contributed by atoms with E-state index < -0.39 is 0 Å². The van der Waals surface area contributed by atoms with Crippen LogP contribution in [0.5, 0.6) is 0 Å². The molecule has 4 rings (SSSR count). The van der Waals surface area contributed by atoms with Crippen molar-refractivity contribution in [2.75, 3.05) is 0 Å². The van der Waals surface area contributed by atoms with Crippen LogP contribution in [0.4, 0.5) is 0 Å². The van der Waals surface area contributed by atoms with E-state index >= 15 is 0 Å². The maximum atomic E-state index is 6.69. The highest BCUT2D eigenvalue weighted by molar-refractivity contribution is 6.24. The van der Waals surface area contributed by atoms with Gasteiger partial charge >= 0.3 is 0 Å². The molecule has 74 valence electrons. The Kier molecular flexibility index (Phi) is 1.50. The highest BCUT2D eigenvalue weighted by Crippen LogP contribution is 2.65. The van der Waals surface area contributed by atoms with Crippen LogP contribution in [0, 0.1) is 23.2 Å². The van der Waals surface area contributed by atoms with Gasteiger partial charge in [-0.05, 0) is 62.2 Å². The van der Waals surface area contributed by atoms with E-state index in [1.165, 1.54) is 32.1 Å². The minimum atomic E-state index is 0.149. The van der Waals surface area contributed by atoms with Crippen LogP contribution in [0.2, 0.25) is 0 Å². The minimum Gasteiger partial charge on any atom is -0.119 e. The largest absolute Gasteiger partial charge is 0.119 e. The van der Waals surface area contributed by atoms with Gasteiger partial charge in [-0.25, -0.2) is 0 Å². The number of rotatable bonds is 0. The fourth-order valence-corrected chi connectivity index (χ4v) is 4.90. The molecule has 4 bridgehead atoms. The second kappa shape index (κ2) is 2.27. The van der Waals surface area contributed by atoms with Crippen LogP contribution in [-0.4, -0.2) is 4.87 Å². The lowest BCUT2D eigenvalue weighted by molar-refractivity contribution is -0.0670. The van der Waals surface area contributed by atoms with Crippen molar-refractivity contribution in [3.8, 4) is 0 Å². The zero-order chi connectivity index (χ0) is 9.27. The zero-order valence-corrected chi connectivity index (χ0v) is 9.40. The predicted molar refractivity (Wildman–Crippen MR) is 55.9 cm³/mol. The summed E-state index contributed by atoms with van der Waals surface area (Å²) in [6.07, 6.45) is 7.14. The maximum absolute atomic E-state index is 6.69. The molecule has 0 aromatic rings. The van der Waals surface area contributed by atoms with Crippen LogP contribution in [0.25, 0.3) is 0 Å². The van der Waals surface area contributed by atoms with Gasteiger partial charge in [-0.1, -0.05) is 6.92 Å². The molecule has 13 heavy (non-hydrogen) atoms. The van der Waals surface area contributed by atoms with Gasteiger partial charge < -0.3 is 0 Å². The van der Waals surface area contributed by atoms with Crippen LogP contribution in [-0.2, 0) is 0 Å². The molecule has 0 heterocycles. The first-order chi connectivity index (χ1) is 6.00. The monoisotopic (exact) mass is 198 g/mol. The van der Waals surface area contributed by atoms with E-state index in [1.54, 1.807) is 0 Å². The van der Waals surface area contributed by atoms with E-state index in [-0.39, 0.29) is 4.87 Å². The Morgan fingerprint density at radius 1 is 1.00 bits per heavy atom. The Labute approximate surface area is 86.0 Å². The van der Waals surface area contributed by atoms with Crippen molar-refractivity contribution in [3.63, 3.8) is 0 Å². The lowest BCUT2D eigenvalue weighted by Gasteiger charge is -2.61. The standard InChI is InChI=1S/C12H19Cl/c1-11-5-8-3-9(6-11)12(2,13)10(4-8)7-11/h8-10H,3-7H2,1-2H3/t8?,9-,10+,11?,12?. The molecular weight excluding hydrogens is 180 g/mol. The highest BCUT2D eigenvalue weighted by atomic mass is 35.5. The molecule has 0 aliphatic heterocycles. The van der Waals surface area contributed by atoms with E-state index in [9.17, 15) is 0 Å². The van der Waals surface area contributed by atoms with Crippen LogP contribution < -0.4 is 0 Å². The van der Waals surface area contributed by atoms with Crippen LogP contribution >= 0.6 is 11.6 Å².